The zero-order valence-corrected chi connectivity index (χ0v) is 33.1. The number of hydrogen-bond donors (Lipinski definition) is 0. The van der Waals surface area contributed by atoms with Crippen molar-refractivity contribution in [1.29, 1.82) is 0 Å². The first kappa shape index (κ1) is 36.5. The van der Waals surface area contributed by atoms with E-state index in [0.717, 1.165) is 12.8 Å². The molecule has 2 atom stereocenters. The summed E-state index contributed by atoms with van der Waals surface area (Å²) in [5.41, 5.74) is 11.7. The van der Waals surface area contributed by atoms with E-state index in [1.165, 1.54) is 38.9 Å². The summed E-state index contributed by atoms with van der Waals surface area (Å²) in [7, 11) is 0. The van der Waals surface area contributed by atoms with Crippen LogP contribution in [0.5, 0.6) is 0 Å². The van der Waals surface area contributed by atoms with Gasteiger partial charge in [0, 0.05) is 0 Å². The van der Waals surface area contributed by atoms with Crippen LogP contribution in [-0.4, -0.2) is 4.21 Å². The van der Waals surface area contributed by atoms with Crippen LogP contribution in [0.15, 0.2) is 113 Å². The third-order valence-electron chi connectivity index (χ3n) is 11.4. The van der Waals surface area contributed by atoms with E-state index in [1.807, 2.05) is 0 Å². The number of allylic oxidation sites excluding steroid dienone is 4. The zero-order chi connectivity index (χ0) is 31.5. The minimum atomic E-state index is -4.71. The maximum atomic E-state index is 5.88. The minimum absolute atomic E-state index is 0. The molecule has 0 saturated heterocycles. The van der Waals surface area contributed by atoms with Crippen LogP contribution in [0.1, 0.15) is 102 Å². The van der Waals surface area contributed by atoms with E-state index in [2.05, 4.69) is 165 Å². The Balaban J connectivity index is 0.00000240. The number of halogens is 2. The molecule has 0 aliphatic heterocycles. The van der Waals surface area contributed by atoms with Crippen molar-refractivity contribution in [2.24, 2.45) is 0 Å². The monoisotopic (exact) mass is 728 g/mol. The van der Waals surface area contributed by atoms with Crippen molar-refractivity contribution < 1.29 is 18.3 Å². The summed E-state index contributed by atoms with van der Waals surface area (Å²) in [4.78, 5) is 0. The number of hydrogen-bond acceptors (Lipinski definition) is 0. The molecular formula is C43H52Cl2Zr. The topological polar surface area (TPSA) is 0 Å². The second-order valence-corrected chi connectivity index (χ2v) is 30.9. The van der Waals surface area contributed by atoms with Crippen LogP contribution < -0.4 is 3.27 Å². The Morgan fingerprint density at radius 1 is 0.674 bits per heavy atom. The molecule has 2 unspecified atom stereocenters. The molecule has 6 rings (SSSR count). The molecule has 242 valence electrons. The van der Waals surface area contributed by atoms with E-state index in [0.29, 0.717) is 7.25 Å². The Morgan fingerprint density at radius 2 is 1.22 bits per heavy atom. The van der Waals surface area contributed by atoms with Crippen LogP contribution in [0.4, 0.5) is 0 Å². The summed E-state index contributed by atoms with van der Waals surface area (Å²) in [6.07, 6.45) is 9.16. The second kappa shape index (κ2) is 13.0. The van der Waals surface area contributed by atoms with Crippen molar-refractivity contribution in [3.8, 4) is 11.1 Å². The van der Waals surface area contributed by atoms with Crippen LogP contribution in [0.2, 0.25) is 0 Å². The first-order valence-electron chi connectivity index (χ1n) is 16.6. The normalized spacial score (nSPS) is 15.6. The summed E-state index contributed by atoms with van der Waals surface area (Å²) < 4.78 is 9.75. The maximum absolute atomic E-state index is 5.88. The van der Waals surface area contributed by atoms with Crippen molar-refractivity contribution in [3.63, 3.8) is 0 Å². The van der Waals surface area contributed by atoms with Gasteiger partial charge in [0.1, 0.15) is 0 Å². The van der Waals surface area contributed by atoms with Crippen molar-refractivity contribution in [3.05, 3.63) is 146 Å². The molecule has 0 bridgehead atoms. The molecule has 0 heterocycles. The van der Waals surface area contributed by atoms with Crippen LogP contribution in [0.3, 0.4) is 0 Å². The Morgan fingerprint density at radius 3 is 1.70 bits per heavy atom. The van der Waals surface area contributed by atoms with Crippen LogP contribution in [0, 0.1) is 0 Å². The first-order valence-corrected chi connectivity index (χ1v) is 23.6. The molecule has 0 saturated carbocycles. The molecule has 2 aliphatic carbocycles. The van der Waals surface area contributed by atoms with Crippen LogP contribution in [-0.2, 0) is 35.5 Å². The standard InChI is InChI=1S/C21H25.2C8H9.C5H5.CH2.2ClH.Zr/c1-20(2,3)16-7-9-18-14(12-16)11-15-13-17(21(4,5)6)8-10-19(15)18;2*1-2-8-6-4-3-5-7-8;1-2-4-5-3-1;;;;/h7-10,12H,11H2,1-6H3;2*2-7H,1H3;1-3H,4H2;1H2;2*1H;. The van der Waals surface area contributed by atoms with Gasteiger partial charge < -0.3 is 0 Å². The molecule has 46 heavy (non-hydrogen) atoms. The Kier molecular flexibility index (Phi) is 10.3. The Labute approximate surface area is 291 Å². The predicted molar refractivity (Wildman–Crippen MR) is 205 cm³/mol. The summed E-state index contributed by atoms with van der Waals surface area (Å²) in [5, 5.41) is 0. The average molecular weight is 731 g/mol. The SMILES string of the molecule is Cl.Cl.[CH2]=[Zr]([C]1=CC=CC1)([c]1c(C(C)(C)C)ccc2c1Cc1cc(C(C)(C)C)ccc1-2)([CH](C)c1ccccc1)[CH](C)c1ccccc1. The van der Waals surface area contributed by atoms with E-state index in [-0.39, 0.29) is 35.6 Å². The molecule has 0 aromatic heterocycles. The van der Waals surface area contributed by atoms with Gasteiger partial charge in [-0.3, -0.25) is 0 Å². The molecule has 0 N–H and O–H groups in total. The van der Waals surface area contributed by atoms with E-state index in [1.54, 1.807) is 12.1 Å². The van der Waals surface area contributed by atoms with Gasteiger partial charge in [-0.15, -0.1) is 24.8 Å². The van der Waals surface area contributed by atoms with Crippen LogP contribution >= 0.6 is 24.8 Å². The number of benzene rings is 4. The van der Waals surface area contributed by atoms with E-state index in [4.69, 9.17) is 4.21 Å². The molecule has 4 aromatic carbocycles. The van der Waals surface area contributed by atoms with Gasteiger partial charge in [-0.1, -0.05) is 0 Å². The van der Waals surface area contributed by atoms with Gasteiger partial charge in [0.25, 0.3) is 0 Å². The van der Waals surface area contributed by atoms with Crippen molar-refractivity contribution in [2.75, 3.05) is 0 Å². The first-order chi connectivity index (χ1) is 20.8. The van der Waals surface area contributed by atoms with Gasteiger partial charge in [-0.05, 0) is 0 Å². The van der Waals surface area contributed by atoms with E-state index in [9.17, 15) is 0 Å². The molecule has 0 spiro atoms. The Bertz CT molecular complexity index is 1800. The summed E-state index contributed by atoms with van der Waals surface area (Å²) in [6, 6.07) is 34.9. The summed E-state index contributed by atoms with van der Waals surface area (Å²) >= 11 is -4.71. The van der Waals surface area contributed by atoms with Crippen molar-refractivity contribution in [2.45, 2.75) is 86.3 Å². The molecule has 0 amide bonds. The average Bonchev–Trinajstić information content (AvgIpc) is 3.68. The third-order valence-corrected chi connectivity index (χ3v) is 31.8. The van der Waals surface area contributed by atoms with Gasteiger partial charge in [0.15, 0.2) is 0 Å². The van der Waals surface area contributed by atoms with Gasteiger partial charge in [0.05, 0.1) is 0 Å². The fourth-order valence-corrected chi connectivity index (χ4v) is 28.6. The van der Waals surface area contributed by atoms with Gasteiger partial charge in [0.2, 0.25) is 0 Å². The van der Waals surface area contributed by atoms with Gasteiger partial charge in [-0.2, -0.15) is 0 Å². The number of rotatable bonds is 6. The second-order valence-electron chi connectivity index (χ2n) is 15.8. The quantitative estimate of drug-likeness (QED) is 0.163. The molecule has 0 fully saturated rings. The summed E-state index contributed by atoms with van der Waals surface area (Å²) in [6.45, 7) is 19.3. The zero-order valence-electron chi connectivity index (χ0n) is 29.0. The molecule has 0 nitrogen and oxygen atoms in total. The van der Waals surface area contributed by atoms with Crippen molar-refractivity contribution >= 4 is 32.3 Å². The van der Waals surface area contributed by atoms with Crippen molar-refractivity contribution in [1.82, 2.24) is 0 Å². The molecule has 2 aliphatic rings. The summed E-state index contributed by atoms with van der Waals surface area (Å²) in [5.74, 6) is 0. The molecule has 3 heteroatoms. The Hall–Kier alpha value is -2.31. The molecule has 4 aromatic rings. The van der Waals surface area contributed by atoms with Crippen LogP contribution in [0.25, 0.3) is 11.1 Å². The fraction of sp³-hybridized carbons (Fsp3) is 0.326. The predicted octanol–water partition coefficient (Wildman–Crippen LogP) is 11.8. The van der Waals surface area contributed by atoms with Gasteiger partial charge in [-0.25, -0.2) is 0 Å². The van der Waals surface area contributed by atoms with Gasteiger partial charge >= 0.3 is 269 Å². The molecule has 0 radical (unpaired) electrons. The molecular weight excluding hydrogens is 679 g/mol. The van der Waals surface area contributed by atoms with E-state index >= 15 is 0 Å². The number of fused-ring (bicyclic) bond motifs is 3. The third kappa shape index (κ3) is 5.63. The van der Waals surface area contributed by atoms with E-state index < -0.39 is 18.3 Å². The fourth-order valence-electron chi connectivity index (χ4n) is 8.70.